The van der Waals surface area contributed by atoms with E-state index in [1.54, 1.807) is 0 Å². The van der Waals surface area contributed by atoms with Crippen LogP contribution in [0.15, 0.2) is 68.8 Å². The standard InChI is InChI=1S/C34H43ClN4O7S2/c1-5-38(6-2)23-12-15-26-31(19-23)46-32-20-24(39(7-3)8-4)13-16-27(32)34(26)28-17-14-25(21-33(28)48(43,44)45)47(41,42)37-29(30(40)22-35)11-9-10-18-36/h12-17,19-21,29,37H,5-11,18,22,36H2,1-4H3. The topological polar surface area (TPSA) is 166 Å². The molecule has 11 nitrogen and oxygen atoms in total. The Kier molecular flexibility index (Phi) is 12.4. The fourth-order valence-electron chi connectivity index (χ4n) is 5.94. The summed E-state index contributed by atoms with van der Waals surface area (Å²) in [6, 6.07) is 13.4. The quantitative estimate of drug-likeness (QED) is 0.0563. The van der Waals surface area contributed by atoms with Crippen LogP contribution in [-0.4, -0.2) is 71.8 Å². The van der Waals surface area contributed by atoms with Gasteiger partial charge in [0.15, 0.2) is 5.78 Å². The fourth-order valence-corrected chi connectivity index (χ4v) is 8.19. The number of hydrogen-bond donors (Lipinski definition) is 2. The molecule has 1 aliphatic carbocycles. The maximum absolute atomic E-state index is 13.5. The van der Waals surface area contributed by atoms with Crippen LogP contribution in [0.1, 0.15) is 47.0 Å². The number of carbonyl (C=O) groups excluding carboxylic acids is 1. The van der Waals surface area contributed by atoms with Crippen LogP contribution in [-0.2, 0) is 24.9 Å². The number of hydrogen-bond acceptors (Lipinski definition) is 9. The van der Waals surface area contributed by atoms with Crippen LogP contribution in [0.25, 0.3) is 33.4 Å². The van der Waals surface area contributed by atoms with Gasteiger partial charge in [-0.2, -0.15) is 0 Å². The highest BCUT2D eigenvalue weighted by Gasteiger charge is 2.28. The Morgan fingerprint density at radius 2 is 1.65 bits per heavy atom. The molecule has 2 aromatic carbocycles. The van der Waals surface area contributed by atoms with Gasteiger partial charge in [0.05, 0.1) is 27.8 Å². The highest BCUT2D eigenvalue weighted by atomic mass is 35.5. The zero-order valence-corrected chi connectivity index (χ0v) is 30.1. The van der Waals surface area contributed by atoms with Gasteiger partial charge in [0.2, 0.25) is 15.4 Å². The van der Waals surface area contributed by atoms with Crippen molar-refractivity contribution in [3.8, 4) is 22.5 Å². The van der Waals surface area contributed by atoms with Crippen molar-refractivity contribution >= 4 is 54.2 Å². The highest BCUT2D eigenvalue weighted by Crippen LogP contribution is 2.43. The number of alkyl halides is 1. The number of carbonyl (C=O) groups is 1. The van der Waals surface area contributed by atoms with E-state index in [9.17, 15) is 26.2 Å². The summed E-state index contributed by atoms with van der Waals surface area (Å²) in [7, 11) is -9.67. The summed E-state index contributed by atoms with van der Waals surface area (Å²) in [6.07, 6.45) is 1.19. The molecule has 1 unspecified atom stereocenters. The molecule has 0 saturated heterocycles. The van der Waals surface area contributed by atoms with Gasteiger partial charge in [-0.3, -0.25) is 4.79 Å². The number of fused-ring (bicyclic) bond motifs is 2. The van der Waals surface area contributed by atoms with Gasteiger partial charge in [-0.05, 0) is 77.4 Å². The van der Waals surface area contributed by atoms with Crippen molar-refractivity contribution in [1.82, 2.24) is 9.30 Å². The summed E-state index contributed by atoms with van der Waals surface area (Å²) < 4.78 is 76.6. The summed E-state index contributed by atoms with van der Waals surface area (Å²) in [5, 5.41) is 1.44. The van der Waals surface area contributed by atoms with E-state index in [-0.39, 0.29) is 12.0 Å². The fraction of sp³-hybridized carbons (Fsp3) is 0.412. The molecule has 0 amide bonds. The van der Waals surface area contributed by atoms with Gasteiger partial charge in [0.25, 0.3) is 0 Å². The number of nitrogens with one attached hydrogen (secondary N) is 1. The average Bonchev–Trinajstić information content (AvgIpc) is 3.06. The van der Waals surface area contributed by atoms with Gasteiger partial charge in [-0.15, -0.1) is 11.6 Å². The lowest BCUT2D eigenvalue weighted by Crippen LogP contribution is -2.41. The van der Waals surface area contributed by atoms with Crippen LogP contribution in [0, 0.1) is 0 Å². The summed E-state index contributed by atoms with van der Waals surface area (Å²) in [5.41, 5.74) is 7.89. The van der Waals surface area contributed by atoms with Crippen LogP contribution in [0.3, 0.4) is 0 Å². The molecule has 0 spiro atoms. The number of rotatable bonds is 16. The van der Waals surface area contributed by atoms with Crippen molar-refractivity contribution in [3.63, 3.8) is 0 Å². The van der Waals surface area contributed by atoms with Crippen LogP contribution in [0.4, 0.5) is 5.69 Å². The number of Topliss-reactive ketones (excluding diaryl/α,β-unsaturated/α-hetero) is 1. The molecule has 3 N–H and O–H groups in total. The van der Waals surface area contributed by atoms with Crippen molar-refractivity contribution < 1.29 is 30.6 Å². The Hall–Kier alpha value is -3.33. The number of sulfonamides is 1. The molecule has 260 valence electrons. The van der Waals surface area contributed by atoms with E-state index in [0.29, 0.717) is 47.2 Å². The summed E-state index contributed by atoms with van der Waals surface area (Å²) >= 11 is 5.75. The molecule has 2 aromatic rings. The lowest BCUT2D eigenvalue weighted by atomic mass is 9.93. The van der Waals surface area contributed by atoms with E-state index in [4.69, 9.17) is 21.8 Å². The Bertz CT molecular complexity index is 2040. The van der Waals surface area contributed by atoms with Crippen molar-refractivity contribution in [3.05, 3.63) is 60.0 Å². The minimum atomic E-state index is -5.22. The van der Waals surface area contributed by atoms with E-state index >= 15 is 0 Å². The van der Waals surface area contributed by atoms with Crippen LogP contribution in [0.2, 0.25) is 0 Å². The molecular formula is C34H43ClN4O7S2. The maximum atomic E-state index is 13.5. The number of unbranched alkanes of at least 4 members (excludes halogenated alkanes) is 1. The van der Waals surface area contributed by atoms with Gasteiger partial charge >= 0.3 is 0 Å². The molecule has 1 heterocycles. The normalized spacial score (nSPS) is 12.8. The second-order valence-corrected chi connectivity index (χ2v) is 14.7. The lowest BCUT2D eigenvalue weighted by molar-refractivity contribution is -0.118. The predicted molar refractivity (Wildman–Crippen MR) is 189 cm³/mol. The number of ketones is 1. The molecule has 0 aromatic heterocycles. The molecule has 1 aliphatic heterocycles. The first-order chi connectivity index (χ1) is 22.8. The highest BCUT2D eigenvalue weighted by molar-refractivity contribution is 7.89. The molecular weight excluding hydrogens is 676 g/mol. The molecule has 1 atom stereocenters. The summed E-state index contributed by atoms with van der Waals surface area (Å²) in [5.74, 6) is -0.490. The third-order valence-electron chi connectivity index (χ3n) is 8.51. The average molecular weight is 719 g/mol. The maximum Gasteiger partial charge on any atom is 0.241 e. The number of halogens is 1. The first-order valence-corrected chi connectivity index (χ1v) is 19.5. The Labute approximate surface area is 287 Å². The molecule has 0 fully saturated rings. The molecule has 14 heteroatoms. The first kappa shape index (κ1) is 37.5. The number of nitrogens with two attached hydrogens (primary N) is 1. The van der Waals surface area contributed by atoms with E-state index in [2.05, 4.69) is 14.2 Å². The number of anilines is 1. The Balaban J connectivity index is 2.00. The van der Waals surface area contributed by atoms with E-state index in [1.165, 1.54) is 12.1 Å². The SMILES string of the molecule is CCN(CC)c1ccc2c(-c3ccc(S(=O)(=O)NC(CCCCN)C(=O)CCl)cc3S(=O)(=O)[O-])c3ccc(=[N+](CC)CC)cc-3oc2c1. The summed E-state index contributed by atoms with van der Waals surface area (Å²) in [4.78, 5) is 13.4. The van der Waals surface area contributed by atoms with Gasteiger partial charge in [-0.25, -0.2) is 26.1 Å². The monoisotopic (exact) mass is 718 g/mol. The Morgan fingerprint density at radius 1 is 0.958 bits per heavy atom. The van der Waals surface area contributed by atoms with Crippen LogP contribution in [0.5, 0.6) is 0 Å². The molecule has 2 aliphatic rings. The lowest BCUT2D eigenvalue weighted by Gasteiger charge is -2.23. The van der Waals surface area contributed by atoms with Crippen molar-refractivity contribution in [2.24, 2.45) is 5.73 Å². The largest absolute Gasteiger partial charge is 0.744 e. The van der Waals surface area contributed by atoms with Gasteiger partial charge in [-0.1, -0.05) is 12.5 Å². The molecule has 0 bridgehead atoms. The minimum Gasteiger partial charge on any atom is -0.744 e. The Morgan fingerprint density at radius 3 is 2.25 bits per heavy atom. The van der Waals surface area contributed by atoms with Crippen molar-refractivity contribution in [2.75, 3.05) is 43.5 Å². The van der Waals surface area contributed by atoms with Crippen molar-refractivity contribution in [2.45, 2.75) is 62.8 Å². The number of benzene rings is 3. The minimum absolute atomic E-state index is 0.0252. The zero-order chi connectivity index (χ0) is 35.2. The van der Waals surface area contributed by atoms with Gasteiger partial charge in [0, 0.05) is 53.0 Å². The first-order valence-electron chi connectivity index (χ1n) is 16.1. The van der Waals surface area contributed by atoms with Crippen LogP contribution >= 0.6 is 11.6 Å². The zero-order valence-electron chi connectivity index (χ0n) is 27.7. The molecule has 4 rings (SSSR count). The third-order valence-corrected chi connectivity index (χ3v) is 11.1. The number of nitrogens with zero attached hydrogens (tertiary/aromatic N) is 2. The molecule has 48 heavy (non-hydrogen) atoms. The second kappa shape index (κ2) is 15.9. The smallest absolute Gasteiger partial charge is 0.241 e. The summed E-state index contributed by atoms with van der Waals surface area (Å²) in [6.45, 7) is 11.5. The van der Waals surface area contributed by atoms with E-state index < -0.39 is 47.6 Å². The predicted octanol–water partition coefficient (Wildman–Crippen LogP) is 4.35. The van der Waals surface area contributed by atoms with Gasteiger partial charge < -0.3 is 19.6 Å². The molecule has 0 radical (unpaired) electrons. The second-order valence-electron chi connectivity index (χ2n) is 11.4. The van der Waals surface area contributed by atoms with E-state index in [0.717, 1.165) is 43.3 Å². The molecule has 0 saturated carbocycles. The van der Waals surface area contributed by atoms with E-state index in [1.807, 2.05) is 64.1 Å². The van der Waals surface area contributed by atoms with Gasteiger partial charge in [0.1, 0.15) is 34.6 Å². The van der Waals surface area contributed by atoms with Crippen LogP contribution < -0.4 is 25.3 Å². The third kappa shape index (κ3) is 8.10. The van der Waals surface area contributed by atoms with Crippen molar-refractivity contribution in [1.29, 1.82) is 0 Å².